The fraction of sp³-hybridized carbons (Fsp3) is 0.308. The third-order valence-corrected chi connectivity index (χ3v) is 6.24. The van der Waals surface area contributed by atoms with Crippen molar-refractivity contribution >= 4 is 29.7 Å². The number of hydrogen-bond acceptors (Lipinski definition) is 7. The fourth-order valence-electron chi connectivity index (χ4n) is 4.59. The van der Waals surface area contributed by atoms with Gasteiger partial charge in [-0.1, -0.05) is 12.1 Å². The van der Waals surface area contributed by atoms with E-state index in [1.807, 2.05) is 12.1 Å². The van der Waals surface area contributed by atoms with Crippen LogP contribution < -0.4 is 15.4 Å². The molecule has 174 valence electrons. The molecule has 0 radical (unpaired) electrons. The minimum atomic E-state index is -0.0789. The first-order valence-corrected chi connectivity index (χ1v) is 11.7. The molecule has 2 aliphatic heterocycles. The van der Waals surface area contributed by atoms with E-state index >= 15 is 0 Å². The molecule has 2 N–H and O–H groups in total. The SMILES string of the molecule is O=COc1cccc(Nc2ncc3c(n2)-c2cc(CCCN4CCCC4)ccc2NC(=O)C3)c1. The number of rotatable bonds is 8. The number of carbonyl (C=O) groups is 2. The lowest BCUT2D eigenvalue weighted by atomic mass is 10.00. The first-order chi connectivity index (χ1) is 16.7. The molecule has 1 fully saturated rings. The van der Waals surface area contributed by atoms with Crippen LogP contribution in [0.15, 0.2) is 48.7 Å². The number of aromatic nitrogens is 2. The van der Waals surface area contributed by atoms with Crippen LogP contribution in [-0.4, -0.2) is 46.9 Å². The van der Waals surface area contributed by atoms with E-state index in [0.29, 0.717) is 23.9 Å². The van der Waals surface area contributed by atoms with Crippen LogP contribution in [0.2, 0.25) is 0 Å². The minimum absolute atomic E-state index is 0.0789. The summed E-state index contributed by atoms with van der Waals surface area (Å²) < 4.78 is 4.92. The first-order valence-electron chi connectivity index (χ1n) is 11.7. The van der Waals surface area contributed by atoms with Gasteiger partial charge in [0.2, 0.25) is 11.9 Å². The van der Waals surface area contributed by atoms with Gasteiger partial charge in [-0.15, -0.1) is 0 Å². The maximum absolute atomic E-state index is 12.5. The van der Waals surface area contributed by atoms with Gasteiger partial charge >= 0.3 is 0 Å². The van der Waals surface area contributed by atoms with Crippen molar-refractivity contribution in [2.75, 3.05) is 30.3 Å². The highest BCUT2D eigenvalue weighted by Crippen LogP contribution is 2.34. The largest absolute Gasteiger partial charge is 0.429 e. The summed E-state index contributed by atoms with van der Waals surface area (Å²) in [6.07, 6.45) is 6.61. The van der Waals surface area contributed by atoms with Crippen LogP contribution in [0.4, 0.5) is 17.3 Å². The number of amides is 1. The van der Waals surface area contributed by atoms with Crippen molar-refractivity contribution in [2.45, 2.75) is 32.1 Å². The highest BCUT2D eigenvalue weighted by Gasteiger charge is 2.21. The number of hydrogen-bond donors (Lipinski definition) is 2. The molecule has 0 spiro atoms. The van der Waals surface area contributed by atoms with Gasteiger partial charge in [0, 0.05) is 29.1 Å². The number of nitrogens with zero attached hydrogens (tertiary/aromatic N) is 3. The molecule has 0 atom stereocenters. The maximum atomic E-state index is 12.5. The molecule has 1 saturated heterocycles. The van der Waals surface area contributed by atoms with Crippen molar-refractivity contribution in [1.82, 2.24) is 14.9 Å². The monoisotopic (exact) mass is 457 g/mol. The van der Waals surface area contributed by atoms with Crippen molar-refractivity contribution in [3.63, 3.8) is 0 Å². The van der Waals surface area contributed by atoms with Crippen LogP contribution in [0.3, 0.4) is 0 Å². The minimum Gasteiger partial charge on any atom is -0.429 e. The predicted octanol–water partition coefficient (Wildman–Crippen LogP) is 3.95. The van der Waals surface area contributed by atoms with Gasteiger partial charge in [-0.2, -0.15) is 0 Å². The Morgan fingerprint density at radius 3 is 2.88 bits per heavy atom. The van der Waals surface area contributed by atoms with Crippen molar-refractivity contribution in [3.8, 4) is 17.0 Å². The quantitative estimate of drug-likeness (QED) is 0.495. The smallest absolute Gasteiger partial charge is 0.298 e. The Bertz CT molecular complexity index is 1210. The normalized spacial score (nSPS) is 15.1. The Morgan fingerprint density at radius 2 is 2.03 bits per heavy atom. The summed E-state index contributed by atoms with van der Waals surface area (Å²) in [6.45, 7) is 3.93. The van der Waals surface area contributed by atoms with E-state index in [2.05, 4.69) is 32.7 Å². The van der Waals surface area contributed by atoms with Gasteiger partial charge in [-0.3, -0.25) is 9.59 Å². The van der Waals surface area contributed by atoms with Crippen LogP contribution in [0, 0.1) is 0 Å². The van der Waals surface area contributed by atoms with Crippen molar-refractivity contribution in [2.24, 2.45) is 0 Å². The summed E-state index contributed by atoms with van der Waals surface area (Å²) in [5.41, 5.74) is 5.12. The average molecular weight is 458 g/mol. The van der Waals surface area contributed by atoms with E-state index in [1.165, 1.54) is 31.5 Å². The molecule has 8 heteroatoms. The molecular weight excluding hydrogens is 430 g/mol. The van der Waals surface area contributed by atoms with Crippen molar-refractivity contribution < 1.29 is 14.3 Å². The van der Waals surface area contributed by atoms with E-state index < -0.39 is 0 Å². The zero-order chi connectivity index (χ0) is 23.3. The second kappa shape index (κ2) is 10.0. The lowest BCUT2D eigenvalue weighted by molar-refractivity contribution is -0.120. The summed E-state index contributed by atoms with van der Waals surface area (Å²) in [4.78, 5) is 34.8. The fourth-order valence-corrected chi connectivity index (χ4v) is 4.59. The summed E-state index contributed by atoms with van der Waals surface area (Å²) in [6, 6.07) is 13.2. The van der Waals surface area contributed by atoms with Gasteiger partial charge < -0.3 is 20.3 Å². The molecule has 5 rings (SSSR count). The van der Waals surface area contributed by atoms with Crippen LogP contribution in [0.5, 0.6) is 5.75 Å². The molecule has 0 unspecified atom stereocenters. The Kier molecular flexibility index (Phi) is 6.49. The summed E-state index contributed by atoms with van der Waals surface area (Å²) in [7, 11) is 0. The Labute approximate surface area is 198 Å². The Balaban J connectivity index is 1.40. The summed E-state index contributed by atoms with van der Waals surface area (Å²) in [5.74, 6) is 0.750. The Hall–Kier alpha value is -3.78. The zero-order valence-corrected chi connectivity index (χ0v) is 18.9. The van der Waals surface area contributed by atoms with Gasteiger partial charge in [-0.25, -0.2) is 9.97 Å². The number of ether oxygens (including phenoxy) is 1. The van der Waals surface area contributed by atoms with Crippen LogP contribution >= 0.6 is 0 Å². The molecule has 0 aliphatic carbocycles. The highest BCUT2D eigenvalue weighted by atomic mass is 16.5. The van der Waals surface area contributed by atoms with Crippen LogP contribution in [0.1, 0.15) is 30.4 Å². The molecule has 3 aromatic rings. The molecule has 34 heavy (non-hydrogen) atoms. The number of benzene rings is 2. The lowest BCUT2D eigenvalue weighted by Crippen LogP contribution is -2.20. The van der Waals surface area contributed by atoms with Crippen LogP contribution in [0.25, 0.3) is 11.3 Å². The number of anilines is 3. The summed E-state index contributed by atoms with van der Waals surface area (Å²) in [5, 5.41) is 6.17. The number of fused-ring (bicyclic) bond motifs is 3. The number of likely N-dealkylation sites (tertiary alicyclic amines) is 1. The summed E-state index contributed by atoms with van der Waals surface area (Å²) >= 11 is 0. The van der Waals surface area contributed by atoms with E-state index in [0.717, 1.165) is 41.9 Å². The molecule has 2 aromatic carbocycles. The van der Waals surface area contributed by atoms with E-state index in [1.54, 1.807) is 24.4 Å². The van der Waals surface area contributed by atoms with Crippen LogP contribution in [-0.2, 0) is 22.4 Å². The number of aryl methyl sites for hydroxylation is 1. The standard InChI is InChI=1S/C26H27N5O3/c32-17-34-21-7-3-6-20(15-21)28-26-27-16-19-14-24(33)29-23-9-8-18(13-22(23)25(19)30-26)5-4-12-31-10-1-2-11-31/h3,6-9,13,15-17H,1-2,4-5,10-12,14H2,(H,29,33)(H,27,28,30). The van der Waals surface area contributed by atoms with Gasteiger partial charge in [0.15, 0.2) is 0 Å². The second-order valence-electron chi connectivity index (χ2n) is 8.69. The molecule has 8 nitrogen and oxygen atoms in total. The number of nitrogens with one attached hydrogen (secondary N) is 2. The molecule has 0 bridgehead atoms. The highest BCUT2D eigenvalue weighted by molar-refractivity contribution is 6.00. The van der Waals surface area contributed by atoms with Gasteiger partial charge in [-0.05, 0) is 75.1 Å². The topological polar surface area (TPSA) is 96.4 Å². The first kappa shape index (κ1) is 22.0. The predicted molar refractivity (Wildman–Crippen MR) is 130 cm³/mol. The second-order valence-corrected chi connectivity index (χ2v) is 8.69. The Morgan fingerprint density at radius 1 is 1.15 bits per heavy atom. The maximum Gasteiger partial charge on any atom is 0.298 e. The molecule has 1 amide bonds. The third kappa shape index (κ3) is 5.07. The molecule has 3 heterocycles. The molecular formula is C26H27N5O3. The number of carbonyl (C=O) groups excluding carboxylic acids is 2. The lowest BCUT2D eigenvalue weighted by Gasteiger charge is -2.15. The molecule has 0 saturated carbocycles. The molecule has 1 aromatic heterocycles. The van der Waals surface area contributed by atoms with Crippen molar-refractivity contribution in [3.05, 3.63) is 59.8 Å². The third-order valence-electron chi connectivity index (χ3n) is 6.24. The van der Waals surface area contributed by atoms with E-state index in [-0.39, 0.29) is 12.3 Å². The van der Waals surface area contributed by atoms with E-state index in [9.17, 15) is 9.59 Å². The van der Waals surface area contributed by atoms with E-state index in [4.69, 9.17) is 9.72 Å². The van der Waals surface area contributed by atoms with Gasteiger partial charge in [0.25, 0.3) is 6.47 Å². The zero-order valence-electron chi connectivity index (χ0n) is 18.9. The van der Waals surface area contributed by atoms with Crippen molar-refractivity contribution in [1.29, 1.82) is 0 Å². The average Bonchev–Trinajstić information content (AvgIpc) is 3.30. The van der Waals surface area contributed by atoms with Gasteiger partial charge in [0.1, 0.15) is 5.75 Å². The molecule has 2 aliphatic rings. The van der Waals surface area contributed by atoms with Gasteiger partial charge in [0.05, 0.1) is 17.8 Å².